The molecule has 1 fully saturated rings. The highest BCUT2D eigenvalue weighted by Crippen LogP contribution is 2.39. The molecule has 2 aliphatic heterocycles. The molecule has 0 saturated carbocycles. The molecule has 2 aromatic rings. The predicted octanol–water partition coefficient (Wildman–Crippen LogP) is 1.66. The van der Waals surface area contributed by atoms with Crippen LogP contribution in [0.5, 0.6) is 0 Å². The van der Waals surface area contributed by atoms with Crippen LogP contribution in [0, 0.1) is 0 Å². The molecule has 0 aliphatic carbocycles. The van der Waals surface area contributed by atoms with Crippen LogP contribution in [0.2, 0.25) is 0 Å². The second-order valence-electron chi connectivity index (χ2n) is 6.60. The van der Waals surface area contributed by atoms with Crippen LogP contribution in [0.15, 0.2) is 30.7 Å². The summed E-state index contributed by atoms with van der Waals surface area (Å²) in [6.45, 7) is 5.06. The van der Waals surface area contributed by atoms with Gasteiger partial charge in [0.1, 0.15) is 0 Å². The Kier molecular flexibility index (Phi) is 4.26. The molecule has 0 amide bonds. The van der Waals surface area contributed by atoms with Crippen molar-refractivity contribution in [3.63, 3.8) is 0 Å². The Hall–Kier alpha value is -1.89. The molecule has 2 aromatic heterocycles. The molecular weight excluding hydrogens is 304 g/mol. The van der Waals surface area contributed by atoms with Gasteiger partial charge in [-0.2, -0.15) is 0 Å². The molecule has 1 atom stereocenters. The lowest BCUT2D eigenvalue weighted by Gasteiger charge is -2.34. The number of methoxy groups -OCH3 is 1. The zero-order valence-corrected chi connectivity index (χ0v) is 13.9. The SMILES string of the molecule is COCCN1CCC2(COCc3cnc(-c4cccnc4)nc32)C1. The Labute approximate surface area is 141 Å². The summed E-state index contributed by atoms with van der Waals surface area (Å²) in [7, 11) is 1.75. The zero-order chi connectivity index (χ0) is 16.4. The molecular formula is C18H22N4O2. The van der Waals surface area contributed by atoms with Crippen molar-refractivity contribution in [2.45, 2.75) is 18.4 Å². The number of aromatic nitrogens is 3. The first-order valence-corrected chi connectivity index (χ1v) is 8.37. The number of hydrogen-bond donors (Lipinski definition) is 0. The minimum absolute atomic E-state index is 0.0266. The molecule has 1 unspecified atom stereocenters. The first kappa shape index (κ1) is 15.6. The van der Waals surface area contributed by atoms with Crippen LogP contribution >= 0.6 is 0 Å². The number of likely N-dealkylation sites (tertiary alicyclic amines) is 1. The molecule has 0 aromatic carbocycles. The van der Waals surface area contributed by atoms with Crippen LogP contribution in [-0.4, -0.2) is 59.8 Å². The standard InChI is InChI=1S/C18H22N4O2/c1-23-8-7-22-6-4-18(12-22)13-24-11-15-10-20-17(21-16(15)18)14-3-2-5-19-9-14/h2-3,5,9-10H,4,6-8,11-13H2,1H3. The minimum atomic E-state index is -0.0266. The Bertz CT molecular complexity index is 709. The van der Waals surface area contributed by atoms with Crippen LogP contribution in [0.3, 0.4) is 0 Å². The lowest BCUT2D eigenvalue weighted by atomic mass is 9.80. The van der Waals surface area contributed by atoms with Gasteiger partial charge < -0.3 is 9.47 Å². The Morgan fingerprint density at radius 1 is 1.38 bits per heavy atom. The largest absolute Gasteiger partial charge is 0.383 e. The maximum Gasteiger partial charge on any atom is 0.160 e. The Morgan fingerprint density at radius 3 is 3.17 bits per heavy atom. The Morgan fingerprint density at radius 2 is 2.33 bits per heavy atom. The smallest absolute Gasteiger partial charge is 0.160 e. The van der Waals surface area contributed by atoms with E-state index in [1.807, 2.05) is 24.5 Å². The lowest BCUT2D eigenvalue weighted by molar-refractivity contribution is 0.0492. The molecule has 1 spiro atoms. The molecule has 1 saturated heterocycles. The number of rotatable bonds is 4. The van der Waals surface area contributed by atoms with E-state index in [0.717, 1.165) is 61.9 Å². The van der Waals surface area contributed by atoms with Gasteiger partial charge in [0.15, 0.2) is 5.82 Å². The first-order chi connectivity index (χ1) is 11.8. The summed E-state index contributed by atoms with van der Waals surface area (Å²) in [5, 5.41) is 0. The fourth-order valence-corrected chi connectivity index (χ4v) is 3.71. The van der Waals surface area contributed by atoms with Crippen LogP contribution in [-0.2, 0) is 21.5 Å². The van der Waals surface area contributed by atoms with Gasteiger partial charge in [0, 0.05) is 49.9 Å². The number of fused-ring (bicyclic) bond motifs is 2. The summed E-state index contributed by atoms with van der Waals surface area (Å²) >= 11 is 0. The lowest BCUT2D eigenvalue weighted by Crippen LogP contribution is -2.41. The average molecular weight is 326 g/mol. The third-order valence-electron chi connectivity index (χ3n) is 4.97. The molecule has 4 rings (SSSR count). The van der Waals surface area contributed by atoms with E-state index in [-0.39, 0.29) is 5.41 Å². The third-order valence-corrected chi connectivity index (χ3v) is 4.97. The highest BCUT2D eigenvalue weighted by Gasteiger charge is 2.44. The van der Waals surface area contributed by atoms with E-state index in [2.05, 4.69) is 14.9 Å². The van der Waals surface area contributed by atoms with Crippen molar-refractivity contribution in [1.29, 1.82) is 0 Å². The van der Waals surface area contributed by atoms with Crippen molar-refractivity contribution in [2.24, 2.45) is 0 Å². The summed E-state index contributed by atoms with van der Waals surface area (Å²) in [5.74, 6) is 0.749. The monoisotopic (exact) mass is 326 g/mol. The van der Waals surface area contributed by atoms with Gasteiger partial charge in [0.25, 0.3) is 0 Å². The topological polar surface area (TPSA) is 60.4 Å². The summed E-state index contributed by atoms with van der Waals surface area (Å²) in [5.41, 5.74) is 3.20. The van der Waals surface area contributed by atoms with Gasteiger partial charge in [0.2, 0.25) is 0 Å². The molecule has 6 heteroatoms. The third kappa shape index (κ3) is 2.81. The molecule has 6 nitrogen and oxygen atoms in total. The summed E-state index contributed by atoms with van der Waals surface area (Å²) in [6, 6.07) is 3.92. The van der Waals surface area contributed by atoms with Crippen molar-refractivity contribution in [3.05, 3.63) is 42.0 Å². The van der Waals surface area contributed by atoms with Crippen LogP contribution in [0.25, 0.3) is 11.4 Å². The molecule has 0 N–H and O–H groups in total. The predicted molar refractivity (Wildman–Crippen MR) is 89.5 cm³/mol. The highest BCUT2D eigenvalue weighted by molar-refractivity contribution is 5.54. The van der Waals surface area contributed by atoms with Crippen molar-refractivity contribution < 1.29 is 9.47 Å². The van der Waals surface area contributed by atoms with Crippen molar-refractivity contribution in [1.82, 2.24) is 19.9 Å². The van der Waals surface area contributed by atoms with Gasteiger partial charge in [0.05, 0.1) is 30.9 Å². The fourth-order valence-electron chi connectivity index (χ4n) is 3.71. The Balaban J connectivity index is 1.67. The average Bonchev–Trinajstić information content (AvgIpc) is 3.04. The van der Waals surface area contributed by atoms with E-state index in [1.54, 1.807) is 13.3 Å². The highest BCUT2D eigenvalue weighted by atomic mass is 16.5. The van der Waals surface area contributed by atoms with E-state index in [9.17, 15) is 0 Å². The van der Waals surface area contributed by atoms with Gasteiger partial charge in [-0.05, 0) is 25.1 Å². The van der Waals surface area contributed by atoms with Crippen LogP contribution < -0.4 is 0 Å². The van der Waals surface area contributed by atoms with Gasteiger partial charge in [-0.15, -0.1) is 0 Å². The second-order valence-corrected chi connectivity index (χ2v) is 6.60. The van der Waals surface area contributed by atoms with E-state index in [0.29, 0.717) is 6.61 Å². The number of nitrogens with zero attached hydrogens (tertiary/aromatic N) is 4. The summed E-state index contributed by atoms with van der Waals surface area (Å²) in [4.78, 5) is 16.1. The molecule has 0 radical (unpaired) electrons. The second kappa shape index (κ2) is 6.55. The van der Waals surface area contributed by atoms with E-state index in [4.69, 9.17) is 14.5 Å². The molecule has 0 bridgehead atoms. The fraction of sp³-hybridized carbons (Fsp3) is 0.500. The van der Waals surface area contributed by atoms with Crippen molar-refractivity contribution in [2.75, 3.05) is 40.0 Å². The van der Waals surface area contributed by atoms with E-state index in [1.165, 1.54) is 0 Å². The summed E-state index contributed by atoms with van der Waals surface area (Å²) < 4.78 is 11.1. The molecule has 4 heterocycles. The van der Waals surface area contributed by atoms with Gasteiger partial charge in [-0.1, -0.05) is 0 Å². The van der Waals surface area contributed by atoms with Crippen LogP contribution in [0.4, 0.5) is 0 Å². The van der Waals surface area contributed by atoms with Gasteiger partial charge >= 0.3 is 0 Å². The zero-order valence-electron chi connectivity index (χ0n) is 13.9. The molecule has 126 valence electrons. The molecule has 24 heavy (non-hydrogen) atoms. The van der Waals surface area contributed by atoms with Gasteiger partial charge in [-0.3, -0.25) is 9.88 Å². The normalized spacial score (nSPS) is 23.5. The van der Waals surface area contributed by atoms with Crippen molar-refractivity contribution >= 4 is 0 Å². The molecule has 2 aliphatic rings. The quantitative estimate of drug-likeness (QED) is 0.851. The number of ether oxygens (including phenoxy) is 2. The summed E-state index contributed by atoms with van der Waals surface area (Å²) in [6.07, 6.45) is 6.56. The number of hydrogen-bond acceptors (Lipinski definition) is 6. The van der Waals surface area contributed by atoms with Crippen LogP contribution in [0.1, 0.15) is 17.7 Å². The minimum Gasteiger partial charge on any atom is -0.383 e. The van der Waals surface area contributed by atoms with E-state index >= 15 is 0 Å². The van der Waals surface area contributed by atoms with Crippen molar-refractivity contribution in [3.8, 4) is 11.4 Å². The van der Waals surface area contributed by atoms with Gasteiger partial charge in [-0.25, -0.2) is 9.97 Å². The van der Waals surface area contributed by atoms with E-state index < -0.39 is 0 Å². The first-order valence-electron chi connectivity index (χ1n) is 8.37. The number of pyridine rings is 1. The maximum atomic E-state index is 5.88. The maximum absolute atomic E-state index is 5.88.